The molecule has 0 aliphatic heterocycles. The summed E-state index contributed by atoms with van der Waals surface area (Å²) < 4.78 is 0. The van der Waals surface area contributed by atoms with Gasteiger partial charge in [0, 0.05) is 17.8 Å². The van der Waals surface area contributed by atoms with Crippen LogP contribution >= 0.6 is 0 Å². The number of hydrogen-bond acceptors (Lipinski definition) is 4. The number of aliphatic hydroxyl groups excluding tert-OH is 1. The van der Waals surface area contributed by atoms with Gasteiger partial charge in [0.25, 0.3) is 5.91 Å². The van der Waals surface area contributed by atoms with E-state index >= 15 is 0 Å². The number of nitrogens with zero attached hydrogens (tertiary/aromatic N) is 2. The summed E-state index contributed by atoms with van der Waals surface area (Å²) in [5.41, 5.74) is 3.33. The first-order valence-corrected chi connectivity index (χ1v) is 8.87. The summed E-state index contributed by atoms with van der Waals surface area (Å²) in [5, 5.41) is 13.7. The maximum Gasteiger partial charge on any atom is 0.252 e. The zero-order valence-electron chi connectivity index (χ0n) is 14.6. The van der Waals surface area contributed by atoms with Crippen LogP contribution in [0, 0.1) is 12.8 Å². The largest absolute Gasteiger partial charge is 0.393 e. The van der Waals surface area contributed by atoms with E-state index in [1.54, 1.807) is 18.5 Å². The molecule has 1 unspecified atom stereocenters. The number of aliphatic hydroxyl groups is 1. The van der Waals surface area contributed by atoms with Crippen LogP contribution in [-0.4, -0.2) is 27.1 Å². The van der Waals surface area contributed by atoms with Crippen molar-refractivity contribution >= 4 is 16.8 Å². The van der Waals surface area contributed by atoms with Crippen molar-refractivity contribution in [1.82, 2.24) is 15.3 Å². The highest BCUT2D eigenvalue weighted by molar-refractivity contribution is 6.06. The first kappa shape index (κ1) is 16.7. The van der Waals surface area contributed by atoms with E-state index in [4.69, 9.17) is 0 Å². The van der Waals surface area contributed by atoms with Crippen LogP contribution in [0.5, 0.6) is 0 Å². The van der Waals surface area contributed by atoms with E-state index in [9.17, 15) is 9.90 Å². The van der Waals surface area contributed by atoms with Gasteiger partial charge in [-0.05, 0) is 56.0 Å². The average Bonchev–Trinajstić information content (AvgIpc) is 2.64. The van der Waals surface area contributed by atoms with E-state index in [0.717, 1.165) is 22.2 Å². The first-order chi connectivity index (χ1) is 12.6. The molecule has 3 aromatic rings. The first-order valence-electron chi connectivity index (χ1n) is 8.87. The highest BCUT2D eigenvalue weighted by Gasteiger charge is 2.36. The third kappa shape index (κ3) is 3.18. The summed E-state index contributed by atoms with van der Waals surface area (Å²) in [6, 6.07) is 13.1. The minimum atomic E-state index is -0.285. The number of benzene rings is 1. The Labute approximate surface area is 152 Å². The lowest BCUT2D eigenvalue weighted by molar-refractivity contribution is 0.0228. The molecule has 5 nitrogen and oxygen atoms in total. The molecule has 1 aromatic carbocycles. The molecule has 1 saturated carbocycles. The van der Waals surface area contributed by atoms with Gasteiger partial charge in [-0.2, -0.15) is 0 Å². The molecule has 2 N–H and O–H groups in total. The Hall–Kier alpha value is -2.79. The number of pyridine rings is 2. The number of amides is 1. The lowest BCUT2D eigenvalue weighted by Gasteiger charge is -2.37. The Morgan fingerprint density at radius 2 is 2.00 bits per heavy atom. The van der Waals surface area contributed by atoms with Crippen molar-refractivity contribution in [2.24, 2.45) is 5.92 Å². The predicted molar refractivity (Wildman–Crippen MR) is 99.7 cm³/mol. The molecule has 1 atom stereocenters. The lowest BCUT2D eigenvalue weighted by Crippen LogP contribution is -2.41. The number of hydrogen-bond donors (Lipinski definition) is 2. The van der Waals surface area contributed by atoms with Gasteiger partial charge in [0.05, 0.1) is 28.9 Å². The van der Waals surface area contributed by atoms with Crippen LogP contribution < -0.4 is 5.32 Å². The van der Waals surface area contributed by atoms with Crippen LogP contribution in [0.25, 0.3) is 10.9 Å². The number of aryl methyl sites for hydroxylation is 1. The molecule has 0 spiro atoms. The Kier molecular flexibility index (Phi) is 4.39. The van der Waals surface area contributed by atoms with Crippen molar-refractivity contribution in [3.05, 3.63) is 71.7 Å². The van der Waals surface area contributed by atoms with Gasteiger partial charge < -0.3 is 10.4 Å². The molecule has 2 heterocycles. The summed E-state index contributed by atoms with van der Waals surface area (Å²) in [7, 11) is 0. The number of aromatic nitrogens is 2. The van der Waals surface area contributed by atoms with Crippen molar-refractivity contribution in [1.29, 1.82) is 0 Å². The number of carbonyl (C=O) groups excluding carboxylic acids is 1. The monoisotopic (exact) mass is 347 g/mol. The Bertz CT molecular complexity index is 936. The van der Waals surface area contributed by atoms with E-state index < -0.39 is 0 Å². The molecular weight excluding hydrogens is 326 g/mol. The molecular formula is C21H21N3O2. The fourth-order valence-corrected chi connectivity index (χ4v) is 3.57. The van der Waals surface area contributed by atoms with Gasteiger partial charge in [0.1, 0.15) is 0 Å². The average molecular weight is 347 g/mol. The molecule has 5 heteroatoms. The maximum absolute atomic E-state index is 13.1. The second kappa shape index (κ2) is 6.84. The highest BCUT2D eigenvalue weighted by atomic mass is 16.3. The molecule has 0 bridgehead atoms. The third-order valence-electron chi connectivity index (χ3n) is 5.06. The number of rotatable bonds is 4. The molecule has 1 aliphatic rings. The molecule has 4 rings (SSSR count). The van der Waals surface area contributed by atoms with E-state index in [-0.39, 0.29) is 24.0 Å². The van der Waals surface area contributed by atoms with Crippen molar-refractivity contribution in [3.63, 3.8) is 0 Å². The number of nitrogens with one attached hydrogen (secondary N) is 1. The molecule has 0 radical (unpaired) electrons. The normalized spacial score (nSPS) is 20.4. The standard InChI is InChI=1S/C21H21N3O2/c1-13-5-6-18-17(10-13)16(7-9-23-18)21(26)24-20(14-11-15(25)12-14)19-4-2-3-8-22-19/h2-10,14-15,20,25H,11-12H2,1H3,(H,24,26). The van der Waals surface area contributed by atoms with Gasteiger partial charge in [0.15, 0.2) is 0 Å². The Morgan fingerprint density at radius 1 is 1.15 bits per heavy atom. The van der Waals surface area contributed by atoms with Crippen molar-refractivity contribution in [3.8, 4) is 0 Å². The zero-order chi connectivity index (χ0) is 18.1. The number of carbonyl (C=O) groups is 1. The Morgan fingerprint density at radius 3 is 2.73 bits per heavy atom. The van der Waals surface area contributed by atoms with Crippen LogP contribution in [0.3, 0.4) is 0 Å². The van der Waals surface area contributed by atoms with Gasteiger partial charge in [-0.25, -0.2) is 0 Å². The highest BCUT2D eigenvalue weighted by Crippen LogP contribution is 2.37. The topological polar surface area (TPSA) is 75.1 Å². The summed E-state index contributed by atoms with van der Waals surface area (Å²) >= 11 is 0. The van der Waals surface area contributed by atoms with Crippen molar-refractivity contribution < 1.29 is 9.90 Å². The minimum Gasteiger partial charge on any atom is -0.393 e. The van der Waals surface area contributed by atoms with Crippen molar-refractivity contribution in [2.45, 2.75) is 31.9 Å². The maximum atomic E-state index is 13.1. The molecule has 1 amide bonds. The summed E-state index contributed by atoms with van der Waals surface area (Å²) in [4.78, 5) is 21.8. The van der Waals surface area contributed by atoms with Crippen LogP contribution in [0.2, 0.25) is 0 Å². The Balaban J connectivity index is 1.66. The van der Waals surface area contributed by atoms with Crippen LogP contribution in [0.15, 0.2) is 54.9 Å². The summed E-state index contributed by atoms with van der Waals surface area (Å²) in [6.07, 6.45) is 4.46. The van der Waals surface area contributed by atoms with E-state index in [2.05, 4.69) is 15.3 Å². The predicted octanol–water partition coefficient (Wildman–Crippen LogP) is 3.18. The fraction of sp³-hybridized carbons (Fsp3) is 0.286. The molecule has 1 aliphatic carbocycles. The second-order valence-electron chi connectivity index (χ2n) is 6.97. The minimum absolute atomic E-state index is 0.139. The number of fused-ring (bicyclic) bond motifs is 1. The van der Waals surface area contributed by atoms with Crippen LogP contribution in [0.4, 0.5) is 0 Å². The molecule has 1 fully saturated rings. The molecule has 26 heavy (non-hydrogen) atoms. The van der Waals surface area contributed by atoms with Gasteiger partial charge in [-0.1, -0.05) is 17.7 Å². The van der Waals surface area contributed by atoms with E-state index in [1.807, 2.05) is 43.3 Å². The van der Waals surface area contributed by atoms with Crippen LogP contribution in [0.1, 0.15) is 40.5 Å². The van der Waals surface area contributed by atoms with Gasteiger partial charge in [-0.3, -0.25) is 14.8 Å². The van der Waals surface area contributed by atoms with Gasteiger partial charge >= 0.3 is 0 Å². The van der Waals surface area contributed by atoms with E-state index in [1.165, 1.54) is 0 Å². The lowest BCUT2D eigenvalue weighted by atomic mass is 9.76. The smallest absolute Gasteiger partial charge is 0.252 e. The van der Waals surface area contributed by atoms with Gasteiger partial charge in [-0.15, -0.1) is 0 Å². The summed E-state index contributed by atoms with van der Waals surface area (Å²) in [5.74, 6) is 0.0544. The molecule has 132 valence electrons. The third-order valence-corrected chi connectivity index (χ3v) is 5.06. The van der Waals surface area contributed by atoms with Crippen LogP contribution in [-0.2, 0) is 0 Å². The fourth-order valence-electron chi connectivity index (χ4n) is 3.57. The summed E-state index contributed by atoms with van der Waals surface area (Å²) in [6.45, 7) is 2.00. The zero-order valence-corrected chi connectivity index (χ0v) is 14.6. The SMILES string of the molecule is Cc1ccc2nccc(C(=O)NC(c3ccccn3)C3CC(O)C3)c2c1. The molecule has 2 aromatic heterocycles. The van der Waals surface area contributed by atoms with Crippen molar-refractivity contribution in [2.75, 3.05) is 0 Å². The quantitative estimate of drug-likeness (QED) is 0.760. The van der Waals surface area contributed by atoms with Gasteiger partial charge in [0.2, 0.25) is 0 Å². The van der Waals surface area contributed by atoms with E-state index in [0.29, 0.717) is 18.4 Å². The second-order valence-corrected chi connectivity index (χ2v) is 6.97. The molecule has 0 saturated heterocycles.